The second-order valence-electron chi connectivity index (χ2n) is 11.8. The zero-order valence-corrected chi connectivity index (χ0v) is 26.4. The highest BCUT2D eigenvalue weighted by molar-refractivity contribution is 8.13. The van der Waals surface area contributed by atoms with Crippen LogP contribution in [0, 0.1) is 23.7 Å². The summed E-state index contributed by atoms with van der Waals surface area (Å²) < 4.78 is 11.3. The number of ketones is 2. The molecule has 42 heavy (non-hydrogen) atoms. The van der Waals surface area contributed by atoms with Crippen molar-refractivity contribution in [2.75, 3.05) is 38.7 Å². The highest BCUT2D eigenvalue weighted by Crippen LogP contribution is 2.34. The standard InChI is InChI=1S/C33H46ClNO6S/c1-23-15-27(17-25-7-4-3-5-8-25)31(37)20-28(18-26-9-6-10-30(34)19-26)33(39)42-22-29(16-24(2)36)32(38)35-11-12-40-13-14-41-21-23/h6,9-10,19,25,27-29H,1,3-5,7-8,11-18,20-22H2,2H3,(H,35,38)/t27-,28+,29-/m0/s1. The number of hydrogen-bond donors (Lipinski definition) is 1. The van der Waals surface area contributed by atoms with E-state index in [2.05, 4.69) is 11.9 Å². The summed E-state index contributed by atoms with van der Waals surface area (Å²) in [6.45, 7) is 7.37. The first-order valence-electron chi connectivity index (χ1n) is 15.2. The average Bonchev–Trinajstić information content (AvgIpc) is 2.95. The zero-order chi connectivity index (χ0) is 30.3. The van der Waals surface area contributed by atoms with Gasteiger partial charge in [0.2, 0.25) is 5.91 Å². The molecule has 7 nitrogen and oxygen atoms in total. The number of amides is 1. The van der Waals surface area contributed by atoms with Gasteiger partial charge in [-0.25, -0.2) is 0 Å². The van der Waals surface area contributed by atoms with Crippen LogP contribution in [-0.4, -0.2) is 61.3 Å². The Morgan fingerprint density at radius 2 is 1.79 bits per heavy atom. The molecule has 1 aromatic rings. The first kappa shape index (κ1) is 34.5. The highest BCUT2D eigenvalue weighted by Gasteiger charge is 2.31. The quantitative estimate of drug-likeness (QED) is 0.389. The molecule has 1 aromatic carbocycles. The molecule has 232 valence electrons. The van der Waals surface area contributed by atoms with Crippen molar-refractivity contribution in [1.82, 2.24) is 5.32 Å². The molecule has 2 fully saturated rings. The van der Waals surface area contributed by atoms with E-state index < -0.39 is 11.8 Å². The van der Waals surface area contributed by atoms with E-state index >= 15 is 0 Å². The summed E-state index contributed by atoms with van der Waals surface area (Å²) in [7, 11) is 0. The minimum absolute atomic E-state index is 0.0459. The Balaban J connectivity index is 1.83. The van der Waals surface area contributed by atoms with Crippen LogP contribution < -0.4 is 5.32 Å². The summed E-state index contributed by atoms with van der Waals surface area (Å²) in [5.74, 6) is -1.11. The van der Waals surface area contributed by atoms with Crippen molar-refractivity contribution >= 4 is 46.0 Å². The van der Waals surface area contributed by atoms with E-state index in [1.54, 1.807) is 6.07 Å². The number of carbonyl (C=O) groups excluding carboxylic acids is 4. The second-order valence-corrected chi connectivity index (χ2v) is 13.2. The molecule has 1 amide bonds. The van der Waals surface area contributed by atoms with Crippen LogP contribution in [0.25, 0.3) is 0 Å². The highest BCUT2D eigenvalue weighted by atomic mass is 35.5. The SMILES string of the molecule is C=C1COCCOCCNC(=O)[C@@H](CC(C)=O)CSC(=O)[C@H](Cc2cccc(Cl)c2)CC(=O)[C@H](CC2CCCCC2)C1. The van der Waals surface area contributed by atoms with Gasteiger partial charge >= 0.3 is 0 Å². The molecule has 1 aliphatic carbocycles. The summed E-state index contributed by atoms with van der Waals surface area (Å²) in [4.78, 5) is 52.4. The topological polar surface area (TPSA) is 98.8 Å². The lowest BCUT2D eigenvalue weighted by Crippen LogP contribution is -2.36. The largest absolute Gasteiger partial charge is 0.377 e. The molecule has 9 heteroatoms. The molecular formula is C33H46ClNO6S. The normalized spacial score (nSPS) is 25.2. The Kier molecular flexibility index (Phi) is 15.3. The number of carbonyl (C=O) groups is 4. The molecule has 2 aliphatic rings. The lowest BCUT2D eigenvalue weighted by atomic mass is 9.78. The smallest absolute Gasteiger partial charge is 0.224 e. The lowest BCUT2D eigenvalue weighted by Gasteiger charge is -2.27. The van der Waals surface area contributed by atoms with Gasteiger partial charge in [0.15, 0.2) is 5.12 Å². The molecule has 0 aromatic heterocycles. The van der Waals surface area contributed by atoms with Gasteiger partial charge in [0.25, 0.3) is 0 Å². The number of halogens is 1. The number of hydrogen-bond acceptors (Lipinski definition) is 7. The summed E-state index contributed by atoms with van der Waals surface area (Å²) >= 11 is 7.28. The van der Waals surface area contributed by atoms with Crippen LogP contribution >= 0.6 is 23.4 Å². The van der Waals surface area contributed by atoms with Crippen LogP contribution in [0.2, 0.25) is 5.02 Å². The molecule has 1 saturated heterocycles. The number of Topliss-reactive ketones (excluding diaryl/α,β-unsaturated/α-hetero) is 2. The van der Waals surface area contributed by atoms with Crippen molar-refractivity contribution in [3.8, 4) is 0 Å². The van der Waals surface area contributed by atoms with E-state index in [1.165, 1.54) is 26.2 Å². The van der Waals surface area contributed by atoms with E-state index in [-0.39, 0.29) is 47.1 Å². The Labute approximate surface area is 259 Å². The zero-order valence-electron chi connectivity index (χ0n) is 24.9. The van der Waals surface area contributed by atoms with Gasteiger partial charge < -0.3 is 19.6 Å². The number of benzene rings is 1. The Bertz CT molecular complexity index is 1070. The van der Waals surface area contributed by atoms with Gasteiger partial charge in [0, 0.05) is 42.0 Å². The number of ether oxygens (including phenoxy) is 2. The predicted octanol–water partition coefficient (Wildman–Crippen LogP) is 6.01. The van der Waals surface area contributed by atoms with Gasteiger partial charge in [-0.2, -0.15) is 0 Å². The van der Waals surface area contributed by atoms with E-state index in [0.29, 0.717) is 56.8 Å². The van der Waals surface area contributed by atoms with Gasteiger partial charge in [-0.3, -0.25) is 14.4 Å². The number of rotatable bonds is 6. The molecule has 3 rings (SSSR count). The summed E-state index contributed by atoms with van der Waals surface area (Å²) in [5.41, 5.74) is 1.75. The van der Waals surface area contributed by atoms with Crippen LogP contribution in [0.1, 0.15) is 70.3 Å². The van der Waals surface area contributed by atoms with Crippen molar-refractivity contribution < 1.29 is 28.7 Å². The van der Waals surface area contributed by atoms with Crippen LogP contribution in [0.5, 0.6) is 0 Å². The minimum Gasteiger partial charge on any atom is -0.377 e. The fourth-order valence-electron chi connectivity index (χ4n) is 5.86. The van der Waals surface area contributed by atoms with Gasteiger partial charge in [-0.05, 0) is 49.8 Å². The van der Waals surface area contributed by atoms with E-state index in [0.717, 1.165) is 42.2 Å². The minimum atomic E-state index is -0.647. The molecule has 1 saturated carbocycles. The van der Waals surface area contributed by atoms with Gasteiger partial charge in [0.05, 0.1) is 32.3 Å². The second kappa shape index (κ2) is 18.6. The fraction of sp³-hybridized carbons (Fsp3) is 0.636. The van der Waals surface area contributed by atoms with Gasteiger partial charge in [-0.15, -0.1) is 0 Å². The molecule has 0 bridgehead atoms. The van der Waals surface area contributed by atoms with Crippen molar-refractivity contribution in [2.45, 2.75) is 71.1 Å². The molecule has 0 spiro atoms. The number of nitrogens with one attached hydrogen (secondary N) is 1. The lowest BCUT2D eigenvalue weighted by molar-refractivity contribution is -0.128. The Hall–Kier alpha value is -2.00. The Morgan fingerprint density at radius 3 is 2.52 bits per heavy atom. The van der Waals surface area contributed by atoms with E-state index in [9.17, 15) is 19.2 Å². The van der Waals surface area contributed by atoms with Crippen molar-refractivity contribution in [2.24, 2.45) is 23.7 Å². The predicted molar refractivity (Wildman–Crippen MR) is 168 cm³/mol. The first-order valence-corrected chi connectivity index (χ1v) is 16.6. The van der Waals surface area contributed by atoms with Crippen LogP contribution in [-0.2, 0) is 35.1 Å². The third-order valence-electron chi connectivity index (χ3n) is 8.04. The average molecular weight is 620 g/mol. The van der Waals surface area contributed by atoms with Crippen molar-refractivity contribution in [3.05, 3.63) is 47.0 Å². The maximum absolute atomic E-state index is 13.9. The molecule has 0 unspecified atom stereocenters. The molecule has 3 atom stereocenters. The third-order valence-corrected chi connectivity index (χ3v) is 9.46. The molecule has 1 N–H and O–H groups in total. The monoisotopic (exact) mass is 619 g/mol. The molecular weight excluding hydrogens is 574 g/mol. The molecule has 0 radical (unpaired) electrons. The van der Waals surface area contributed by atoms with Crippen molar-refractivity contribution in [3.63, 3.8) is 0 Å². The summed E-state index contributed by atoms with van der Waals surface area (Å²) in [5, 5.41) is 3.24. The fourth-order valence-corrected chi connectivity index (χ4v) is 7.11. The summed E-state index contributed by atoms with van der Waals surface area (Å²) in [6.07, 6.45) is 7.76. The molecule has 1 aliphatic heterocycles. The maximum Gasteiger partial charge on any atom is 0.224 e. The first-order chi connectivity index (χ1) is 20.2. The Morgan fingerprint density at radius 1 is 1.02 bits per heavy atom. The van der Waals surface area contributed by atoms with Gasteiger partial charge in [0.1, 0.15) is 11.6 Å². The summed E-state index contributed by atoms with van der Waals surface area (Å²) in [6, 6.07) is 7.36. The number of thioether (sulfide) groups is 1. The van der Waals surface area contributed by atoms with E-state index in [1.807, 2.05) is 18.2 Å². The third kappa shape index (κ3) is 12.7. The maximum atomic E-state index is 13.9. The van der Waals surface area contributed by atoms with Crippen molar-refractivity contribution in [1.29, 1.82) is 0 Å². The van der Waals surface area contributed by atoms with Crippen LogP contribution in [0.3, 0.4) is 0 Å². The molecule has 1 heterocycles. The van der Waals surface area contributed by atoms with Gasteiger partial charge in [-0.1, -0.05) is 79.8 Å². The van der Waals surface area contributed by atoms with Crippen LogP contribution in [0.15, 0.2) is 36.4 Å². The van der Waals surface area contributed by atoms with E-state index in [4.69, 9.17) is 21.1 Å². The van der Waals surface area contributed by atoms with Crippen LogP contribution in [0.4, 0.5) is 0 Å².